The lowest BCUT2D eigenvalue weighted by atomic mass is 10.1. The largest absolute Gasteiger partial charge is 0.634 e. The molecule has 1 aliphatic heterocycles. The van der Waals surface area contributed by atoms with Gasteiger partial charge in [0.25, 0.3) is 0 Å². The monoisotopic (exact) mass is 138 g/mol. The van der Waals surface area contributed by atoms with Gasteiger partial charge >= 0.3 is 0 Å². The minimum Gasteiger partial charge on any atom is -0.634 e. The van der Waals surface area contributed by atoms with Gasteiger partial charge in [-0.3, -0.25) is 0 Å². The molecule has 1 fully saturated rings. The maximum absolute atomic E-state index is 10.7. The summed E-state index contributed by atoms with van der Waals surface area (Å²) in [6.45, 7) is 1.26. The normalized spacial score (nSPS) is 25.6. The lowest BCUT2D eigenvalue weighted by Gasteiger charge is -2.27. The van der Waals surface area contributed by atoms with Crippen molar-refractivity contribution in [2.45, 2.75) is 12.8 Å². The Bertz CT molecular complexity index is 171. The van der Waals surface area contributed by atoms with Crippen molar-refractivity contribution in [3.8, 4) is 6.07 Å². The second kappa shape index (κ2) is 3.35. The van der Waals surface area contributed by atoms with Crippen LogP contribution in [-0.4, -0.2) is 13.1 Å². The van der Waals surface area contributed by atoms with E-state index in [0.717, 1.165) is 18.4 Å². The van der Waals surface area contributed by atoms with Crippen LogP contribution < -0.4 is 5.06 Å². The van der Waals surface area contributed by atoms with Gasteiger partial charge in [0.05, 0.1) is 19.2 Å². The lowest BCUT2D eigenvalue weighted by Crippen LogP contribution is -3.08. The summed E-state index contributed by atoms with van der Waals surface area (Å²) in [4.78, 5) is 0. The lowest BCUT2D eigenvalue weighted by molar-refractivity contribution is -0.851. The summed E-state index contributed by atoms with van der Waals surface area (Å²) in [5.74, 6) is 0. The van der Waals surface area contributed by atoms with Gasteiger partial charge in [-0.1, -0.05) is 0 Å². The Morgan fingerprint density at radius 1 is 1.50 bits per heavy atom. The van der Waals surface area contributed by atoms with Gasteiger partial charge in [-0.05, 0) is 5.57 Å². The maximum Gasteiger partial charge on any atom is 0.0911 e. The zero-order chi connectivity index (χ0) is 7.40. The SMILES string of the molecule is N#CC=C1CC[NH+]([O-])CC1. The minimum atomic E-state index is 0.329. The molecule has 1 aliphatic rings. The van der Waals surface area contributed by atoms with Crippen LogP contribution in [0.5, 0.6) is 0 Å². The van der Waals surface area contributed by atoms with Crippen molar-refractivity contribution in [3.05, 3.63) is 16.9 Å². The highest BCUT2D eigenvalue weighted by Gasteiger charge is 2.09. The Hall–Kier alpha value is -0.850. The molecule has 0 aromatic carbocycles. The average molecular weight is 138 g/mol. The highest BCUT2D eigenvalue weighted by atomic mass is 16.5. The van der Waals surface area contributed by atoms with Crippen LogP contribution >= 0.6 is 0 Å². The summed E-state index contributed by atoms with van der Waals surface area (Å²) in [6, 6.07) is 1.98. The van der Waals surface area contributed by atoms with Crippen molar-refractivity contribution in [3.63, 3.8) is 0 Å². The molecule has 10 heavy (non-hydrogen) atoms. The molecule has 0 aromatic rings. The van der Waals surface area contributed by atoms with E-state index in [4.69, 9.17) is 5.26 Å². The number of nitriles is 1. The van der Waals surface area contributed by atoms with Crippen molar-refractivity contribution in [1.29, 1.82) is 5.26 Å². The molecule has 54 valence electrons. The first kappa shape index (κ1) is 7.26. The number of allylic oxidation sites excluding steroid dienone is 1. The van der Waals surface area contributed by atoms with Gasteiger partial charge in [0.2, 0.25) is 0 Å². The second-order valence-electron chi connectivity index (χ2n) is 2.47. The summed E-state index contributed by atoms with van der Waals surface area (Å²) in [5, 5.41) is 19.3. The topological polar surface area (TPSA) is 51.3 Å². The van der Waals surface area contributed by atoms with E-state index in [1.54, 1.807) is 6.08 Å². The molecule has 0 spiro atoms. The zero-order valence-corrected chi connectivity index (χ0v) is 5.76. The summed E-state index contributed by atoms with van der Waals surface area (Å²) >= 11 is 0. The summed E-state index contributed by atoms with van der Waals surface area (Å²) < 4.78 is 0. The third-order valence-electron chi connectivity index (χ3n) is 1.72. The van der Waals surface area contributed by atoms with Gasteiger partial charge in [-0.2, -0.15) is 5.26 Å². The molecular formula is C7H10N2O. The predicted octanol–water partition coefficient (Wildman–Crippen LogP) is -0.387. The molecule has 0 aliphatic carbocycles. The number of quaternary nitrogens is 1. The van der Waals surface area contributed by atoms with Crippen molar-refractivity contribution in [2.75, 3.05) is 13.1 Å². The molecule has 0 bridgehead atoms. The molecule has 3 nitrogen and oxygen atoms in total. The van der Waals surface area contributed by atoms with Gasteiger partial charge < -0.3 is 10.3 Å². The number of nitrogens with one attached hydrogen (secondary N) is 1. The smallest absolute Gasteiger partial charge is 0.0911 e. The van der Waals surface area contributed by atoms with Crippen LogP contribution in [0.2, 0.25) is 0 Å². The minimum absolute atomic E-state index is 0.329. The van der Waals surface area contributed by atoms with Crippen LogP contribution in [-0.2, 0) is 0 Å². The van der Waals surface area contributed by atoms with Crippen LogP contribution in [0.3, 0.4) is 0 Å². The summed E-state index contributed by atoms with van der Waals surface area (Å²) in [5.41, 5.74) is 1.13. The van der Waals surface area contributed by atoms with Crippen LogP contribution in [0, 0.1) is 16.5 Å². The van der Waals surface area contributed by atoms with E-state index in [1.807, 2.05) is 6.07 Å². The Kier molecular flexibility index (Phi) is 2.43. The first-order valence-corrected chi connectivity index (χ1v) is 3.42. The van der Waals surface area contributed by atoms with E-state index in [2.05, 4.69) is 0 Å². The van der Waals surface area contributed by atoms with Crippen LogP contribution in [0.1, 0.15) is 12.8 Å². The van der Waals surface area contributed by atoms with E-state index >= 15 is 0 Å². The standard InChI is InChI=1S/C7H10N2O/c8-4-1-7-2-5-9(10)6-3-7/h1,9H,2-3,5-6H2. The fourth-order valence-corrected chi connectivity index (χ4v) is 1.09. The highest BCUT2D eigenvalue weighted by Crippen LogP contribution is 2.05. The van der Waals surface area contributed by atoms with Gasteiger partial charge in [-0.25, -0.2) is 0 Å². The average Bonchev–Trinajstić information content (AvgIpc) is 1.95. The Morgan fingerprint density at radius 2 is 2.10 bits per heavy atom. The molecule has 1 saturated heterocycles. The third-order valence-corrected chi connectivity index (χ3v) is 1.72. The summed E-state index contributed by atoms with van der Waals surface area (Å²) in [6.07, 6.45) is 3.16. The zero-order valence-electron chi connectivity index (χ0n) is 5.76. The quantitative estimate of drug-likeness (QED) is 0.366. The van der Waals surface area contributed by atoms with Crippen LogP contribution in [0.15, 0.2) is 11.6 Å². The molecule has 0 atom stereocenters. The van der Waals surface area contributed by atoms with E-state index in [1.165, 1.54) is 0 Å². The number of hydroxylamine groups is 2. The fourth-order valence-electron chi connectivity index (χ4n) is 1.09. The molecule has 0 amide bonds. The molecule has 0 radical (unpaired) electrons. The second-order valence-corrected chi connectivity index (χ2v) is 2.47. The van der Waals surface area contributed by atoms with Crippen molar-refractivity contribution in [2.24, 2.45) is 0 Å². The van der Waals surface area contributed by atoms with Crippen LogP contribution in [0.4, 0.5) is 0 Å². The first-order chi connectivity index (χ1) is 4.83. The van der Waals surface area contributed by atoms with Crippen molar-refractivity contribution < 1.29 is 5.06 Å². The van der Waals surface area contributed by atoms with Crippen LogP contribution in [0.25, 0.3) is 0 Å². The molecule has 1 heterocycles. The third kappa shape index (κ3) is 1.83. The molecule has 0 saturated carbocycles. The van der Waals surface area contributed by atoms with E-state index in [-0.39, 0.29) is 0 Å². The molecular weight excluding hydrogens is 128 g/mol. The van der Waals surface area contributed by atoms with E-state index < -0.39 is 0 Å². The first-order valence-electron chi connectivity index (χ1n) is 3.42. The van der Waals surface area contributed by atoms with E-state index in [9.17, 15) is 5.21 Å². The van der Waals surface area contributed by atoms with Crippen molar-refractivity contribution >= 4 is 0 Å². The Labute approximate surface area is 60.1 Å². The molecule has 1 N–H and O–H groups in total. The van der Waals surface area contributed by atoms with Gasteiger partial charge in [0, 0.05) is 18.9 Å². The van der Waals surface area contributed by atoms with Gasteiger partial charge in [0.1, 0.15) is 0 Å². The number of rotatable bonds is 0. The Balaban J connectivity index is 2.42. The molecule has 0 aromatic heterocycles. The number of nitrogens with zero attached hydrogens (tertiary/aromatic N) is 1. The summed E-state index contributed by atoms with van der Waals surface area (Å²) in [7, 11) is 0. The Morgan fingerprint density at radius 3 is 2.60 bits per heavy atom. The molecule has 0 unspecified atom stereocenters. The molecule has 3 heteroatoms. The number of hydrogen-bond donors (Lipinski definition) is 1. The maximum atomic E-state index is 10.7. The number of piperidine rings is 1. The highest BCUT2D eigenvalue weighted by molar-refractivity contribution is 5.13. The number of hydrogen-bond acceptors (Lipinski definition) is 2. The molecule has 1 rings (SSSR count). The van der Waals surface area contributed by atoms with E-state index in [0.29, 0.717) is 18.2 Å². The fraction of sp³-hybridized carbons (Fsp3) is 0.571. The van der Waals surface area contributed by atoms with Gasteiger partial charge in [-0.15, -0.1) is 0 Å². The van der Waals surface area contributed by atoms with Gasteiger partial charge in [0.15, 0.2) is 0 Å². The predicted molar refractivity (Wildman–Crippen MR) is 37.0 cm³/mol. The van der Waals surface area contributed by atoms with Crippen molar-refractivity contribution in [1.82, 2.24) is 0 Å².